The van der Waals surface area contributed by atoms with Crippen LogP contribution in [0.15, 0.2) is 33.9 Å². The molecule has 0 aliphatic heterocycles. The number of pyridine rings is 2. The smallest absolute Gasteiger partial charge is 0.248 e. The van der Waals surface area contributed by atoms with Crippen molar-refractivity contribution < 1.29 is 0 Å². The number of unbranched alkanes of at least 4 members (excludes halogenated alkanes) is 6. The number of fused-ring (bicyclic) bond motifs is 3. The average molecular weight is 381 g/mol. The fraction of sp³-hybridized carbons (Fsp3) is 0.500. The van der Waals surface area contributed by atoms with Crippen LogP contribution in [0.4, 0.5) is 0 Å². The van der Waals surface area contributed by atoms with Gasteiger partial charge in [-0.15, -0.1) is 0 Å². The van der Waals surface area contributed by atoms with Gasteiger partial charge < -0.3 is 9.97 Å². The molecular formula is C24H32N2O2. The van der Waals surface area contributed by atoms with E-state index in [1.165, 1.54) is 49.7 Å². The van der Waals surface area contributed by atoms with Crippen LogP contribution in [0.25, 0.3) is 21.8 Å². The summed E-state index contributed by atoms with van der Waals surface area (Å²) in [4.78, 5) is 30.4. The lowest BCUT2D eigenvalue weighted by molar-refractivity contribution is 0.653. The molecule has 0 unspecified atom stereocenters. The first kappa shape index (κ1) is 20.4. The summed E-state index contributed by atoms with van der Waals surface area (Å²) in [6, 6.07) is 6.94. The van der Waals surface area contributed by atoms with Crippen molar-refractivity contribution in [1.82, 2.24) is 9.97 Å². The second kappa shape index (κ2) is 9.72. The molecule has 0 amide bonds. The highest BCUT2D eigenvalue weighted by Gasteiger charge is 2.15. The lowest BCUT2D eigenvalue weighted by Gasteiger charge is -2.17. The van der Waals surface area contributed by atoms with E-state index < -0.39 is 0 Å². The fourth-order valence-corrected chi connectivity index (χ4v) is 4.18. The van der Waals surface area contributed by atoms with Crippen molar-refractivity contribution in [3.05, 3.63) is 56.1 Å². The van der Waals surface area contributed by atoms with Crippen LogP contribution in [-0.4, -0.2) is 9.97 Å². The molecule has 3 aromatic rings. The summed E-state index contributed by atoms with van der Waals surface area (Å²) < 4.78 is 0. The van der Waals surface area contributed by atoms with Crippen molar-refractivity contribution >= 4 is 21.8 Å². The minimum atomic E-state index is -0.0667. The van der Waals surface area contributed by atoms with Crippen LogP contribution in [0.5, 0.6) is 0 Å². The maximum atomic E-state index is 12.1. The summed E-state index contributed by atoms with van der Waals surface area (Å²) in [5.74, 6) is 0. The van der Waals surface area contributed by atoms with E-state index in [2.05, 4.69) is 23.8 Å². The maximum Gasteiger partial charge on any atom is 0.248 e. The molecular weight excluding hydrogens is 348 g/mol. The van der Waals surface area contributed by atoms with Crippen LogP contribution in [0.2, 0.25) is 0 Å². The minimum Gasteiger partial charge on any atom is -0.322 e. The van der Waals surface area contributed by atoms with Gasteiger partial charge in [-0.25, -0.2) is 0 Å². The lowest BCUT2D eigenvalue weighted by atomic mass is 9.91. The topological polar surface area (TPSA) is 65.7 Å². The maximum absolute atomic E-state index is 12.1. The van der Waals surface area contributed by atoms with Crippen LogP contribution in [0.3, 0.4) is 0 Å². The van der Waals surface area contributed by atoms with Gasteiger partial charge in [-0.1, -0.05) is 52.4 Å². The Labute approximate surface area is 166 Å². The van der Waals surface area contributed by atoms with E-state index in [9.17, 15) is 9.59 Å². The molecule has 0 aliphatic carbocycles. The Morgan fingerprint density at radius 1 is 0.607 bits per heavy atom. The van der Waals surface area contributed by atoms with Crippen molar-refractivity contribution in [2.45, 2.75) is 78.1 Å². The summed E-state index contributed by atoms with van der Waals surface area (Å²) in [6.07, 6.45) is 11.3. The van der Waals surface area contributed by atoms with Gasteiger partial charge in [0.2, 0.25) is 11.1 Å². The lowest BCUT2D eigenvalue weighted by Crippen LogP contribution is -2.11. The molecule has 28 heavy (non-hydrogen) atoms. The van der Waals surface area contributed by atoms with Crippen molar-refractivity contribution in [2.75, 3.05) is 0 Å². The van der Waals surface area contributed by atoms with E-state index >= 15 is 0 Å². The highest BCUT2D eigenvalue weighted by atomic mass is 16.1. The molecule has 1 aromatic carbocycles. The van der Waals surface area contributed by atoms with Crippen molar-refractivity contribution in [1.29, 1.82) is 0 Å². The monoisotopic (exact) mass is 380 g/mol. The molecule has 0 spiro atoms. The van der Waals surface area contributed by atoms with Crippen molar-refractivity contribution in [3.63, 3.8) is 0 Å². The number of benzene rings is 1. The Morgan fingerprint density at radius 3 is 1.43 bits per heavy atom. The molecule has 2 heterocycles. The zero-order valence-corrected chi connectivity index (χ0v) is 17.2. The SMILES string of the molecule is CCCCCCc1c(CCCCCC)c2[nH]c(=O)ccc2c2ccc(=O)[nH]c12. The van der Waals surface area contributed by atoms with Crippen LogP contribution < -0.4 is 11.1 Å². The summed E-state index contributed by atoms with van der Waals surface area (Å²) in [5.41, 5.74) is 4.21. The molecule has 2 N–H and O–H groups in total. The van der Waals surface area contributed by atoms with Gasteiger partial charge in [-0.2, -0.15) is 0 Å². The van der Waals surface area contributed by atoms with E-state index in [4.69, 9.17) is 0 Å². The quantitative estimate of drug-likeness (QED) is 0.354. The predicted molar refractivity (Wildman–Crippen MR) is 118 cm³/mol. The highest BCUT2D eigenvalue weighted by Crippen LogP contribution is 2.32. The Balaban J connectivity index is 2.17. The van der Waals surface area contributed by atoms with E-state index in [1.807, 2.05) is 12.1 Å². The Kier molecular flexibility index (Phi) is 7.07. The average Bonchev–Trinajstić information content (AvgIpc) is 2.69. The second-order valence-electron chi connectivity index (χ2n) is 7.80. The van der Waals surface area contributed by atoms with Crippen molar-refractivity contribution in [3.8, 4) is 0 Å². The van der Waals surface area contributed by atoms with Gasteiger partial charge in [-0.05, 0) is 48.9 Å². The number of aromatic amines is 2. The van der Waals surface area contributed by atoms with Gasteiger partial charge in [-0.3, -0.25) is 9.59 Å². The largest absolute Gasteiger partial charge is 0.322 e. The highest BCUT2D eigenvalue weighted by molar-refractivity contribution is 6.07. The number of hydrogen-bond donors (Lipinski definition) is 2. The van der Waals surface area contributed by atoms with E-state index in [0.29, 0.717) is 0 Å². The van der Waals surface area contributed by atoms with Gasteiger partial charge in [0, 0.05) is 22.9 Å². The molecule has 2 aromatic heterocycles. The number of nitrogens with one attached hydrogen (secondary N) is 2. The molecule has 0 fully saturated rings. The molecule has 0 radical (unpaired) electrons. The predicted octanol–water partition coefficient (Wildman–Crippen LogP) is 5.62. The zero-order valence-electron chi connectivity index (χ0n) is 17.2. The number of aromatic nitrogens is 2. The summed E-state index contributed by atoms with van der Waals surface area (Å²) in [6.45, 7) is 4.43. The Morgan fingerprint density at radius 2 is 1.04 bits per heavy atom. The molecule has 150 valence electrons. The number of aryl methyl sites for hydroxylation is 2. The second-order valence-corrected chi connectivity index (χ2v) is 7.80. The first-order valence-corrected chi connectivity index (χ1v) is 10.9. The molecule has 0 atom stereocenters. The molecule has 0 aliphatic rings. The number of hydrogen-bond acceptors (Lipinski definition) is 2. The summed E-state index contributed by atoms with van der Waals surface area (Å²) in [5, 5.41) is 2.04. The Bertz CT molecular complexity index is 961. The minimum absolute atomic E-state index is 0.0667. The standard InChI is InChI=1S/C24H32N2O2/c1-3-5-7-9-11-17-18(12-10-8-6-4-2)24-20(14-16-22(28)26-24)19-13-15-21(27)25-23(17)19/h13-16H,3-12H2,1-2H3,(H,25,27)(H,26,28). The molecule has 3 rings (SSSR count). The van der Waals surface area contributed by atoms with Gasteiger partial charge in [0.15, 0.2) is 0 Å². The normalized spacial score (nSPS) is 11.5. The molecule has 0 bridgehead atoms. The van der Waals surface area contributed by atoms with Gasteiger partial charge in [0.25, 0.3) is 0 Å². The summed E-state index contributed by atoms with van der Waals surface area (Å²) in [7, 11) is 0. The van der Waals surface area contributed by atoms with Gasteiger partial charge in [0.1, 0.15) is 0 Å². The van der Waals surface area contributed by atoms with E-state index in [0.717, 1.165) is 47.5 Å². The fourth-order valence-electron chi connectivity index (χ4n) is 4.18. The zero-order chi connectivity index (χ0) is 19.9. The van der Waals surface area contributed by atoms with E-state index in [-0.39, 0.29) is 11.1 Å². The van der Waals surface area contributed by atoms with E-state index in [1.54, 1.807) is 12.1 Å². The third-order valence-electron chi connectivity index (χ3n) is 5.66. The summed E-state index contributed by atoms with van der Waals surface area (Å²) >= 11 is 0. The first-order valence-electron chi connectivity index (χ1n) is 10.9. The van der Waals surface area contributed by atoms with Crippen LogP contribution in [0, 0.1) is 0 Å². The Hall–Kier alpha value is -2.36. The van der Waals surface area contributed by atoms with Crippen LogP contribution in [0.1, 0.15) is 76.3 Å². The number of H-pyrrole nitrogens is 2. The molecule has 4 nitrogen and oxygen atoms in total. The number of rotatable bonds is 10. The van der Waals surface area contributed by atoms with Gasteiger partial charge >= 0.3 is 0 Å². The van der Waals surface area contributed by atoms with Gasteiger partial charge in [0.05, 0.1) is 11.0 Å². The molecule has 4 heteroatoms. The molecule has 0 saturated carbocycles. The third-order valence-corrected chi connectivity index (χ3v) is 5.66. The molecule has 0 saturated heterocycles. The van der Waals surface area contributed by atoms with Crippen LogP contribution in [-0.2, 0) is 12.8 Å². The van der Waals surface area contributed by atoms with Crippen LogP contribution >= 0.6 is 0 Å². The van der Waals surface area contributed by atoms with Crippen molar-refractivity contribution in [2.24, 2.45) is 0 Å². The third kappa shape index (κ3) is 4.54. The first-order chi connectivity index (χ1) is 13.7.